The molecule has 1 aromatic carbocycles. The summed E-state index contributed by atoms with van der Waals surface area (Å²) in [5.74, 6) is -4.71. The monoisotopic (exact) mass is 368 g/mol. The first-order valence-electron chi connectivity index (χ1n) is 5.17. The van der Waals surface area contributed by atoms with E-state index in [9.17, 15) is 35.8 Å². The van der Waals surface area contributed by atoms with Gasteiger partial charge in [-0.15, -0.1) is 0 Å². The van der Waals surface area contributed by atoms with Crippen LogP contribution in [-0.4, -0.2) is 23.6 Å². The quantitative estimate of drug-likeness (QED) is 0.791. The molecule has 1 unspecified atom stereocenters. The molecule has 0 aromatic heterocycles. The average molecular weight is 369 g/mol. The van der Waals surface area contributed by atoms with Crippen LogP contribution < -0.4 is 0 Å². The Hall–Kier alpha value is -0.830. The second-order valence-corrected chi connectivity index (χ2v) is 5.03. The molecule has 0 spiro atoms. The van der Waals surface area contributed by atoms with Crippen molar-refractivity contribution in [1.29, 1.82) is 0 Å². The lowest BCUT2D eigenvalue weighted by Crippen LogP contribution is -2.45. The van der Waals surface area contributed by atoms with E-state index in [0.29, 0.717) is 0 Å². The van der Waals surface area contributed by atoms with Crippen molar-refractivity contribution in [3.8, 4) is 0 Å². The van der Waals surface area contributed by atoms with Gasteiger partial charge in [0, 0.05) is 4.47 Å². The third-order valence-corrected chi connectivity index (χ3v) is 2.92. The van der Waals surface area contributed by atoms with Crippen LogP contribution >= 0.6 is 15.9 Å². The predicted octanol–water partition coefficient (Wildman–Crippen LogP) is 4.23. The number of rotatable bonds is 3. The predicted molar refractivity (Wildman–Crippen MR) is 59.4 cm³/mol. The van der Waals surface area contributed by atoms with Crippen LogP contribution in [0, 0.1) is 11.7 Å². The van der Waals surface area contributed by atoms with Crippen LogP contribution in [0.1, 0.15) is 5.56 Å². The molecule has 1 N–H and O–H groups in total. The Labute approximate surface area is 117 Å². The van der Waals surface area contributed by atoms with Crippen molar-refractivity contribution in [1.82, 2.24) is 0 Å². The molecule has 0 aliphatic carbocycles. The summed E-state index contributed by atoms with van der Waals surface area (Å²) in [6, 6.07) is 2.88. The first kappa shape index (κ1) is 17.2. The molecule has 1 nitrogen and oxygen atoms in total. The zero-order chi connectivity index (χ0) is 15.7. The van der Waals surface area contributed by atoms with Crippen molar-refractivity contribution in [3.05, 3.63) is 34.1 Å². The highest BCUT2D eigenvalue weighted by atomic mass is 79.9. The molecule has 1 atom stereocenters. The molecule has 1 rings (SSSR count). The van der Waals surface area contributed by atoms with Crippen LogP contribution in [0.4, 0.5) is 30.7 Å². The van der Waals surface area contributed by atoms with E-state index in [2.05, 4.69) is 15.9 Å². The van der Waals surface area contributed by atoms with Crippen LogP contribution in [-0.2, 0) is 6.42 Å². The van der Waals surface area contributed by atoms with E-state index in [1.807, 2.05) is 0 Å². The minimum Gasteiger partial charge on any atom is -0.392 e. The zero-order valence-corrected chi connectivity index (χ0v) is 11.2. The molecule has 0 radical (unpaired) electrons. The van der Waals surface area contributed by atoms with E-state index in [1.54, 1.807) is 0 Å². The first-order chi connectivity index (χ1) is 8.91. The molecule has 9 heteroatoms. The molecular weight excluding hydrogens is 361 g/mol. The number of halogens is 8. The first-order valence-corrected chi connectivity index (χ1v) is 5.97. The standard InChI is InChI=1S/C11H8BrF7O/c12-6-1-5(2-7(13)4-6)3-8(20)9(10(14,15)16)11(17,18)19/h1-2,4,8-9,20H,3H2. The molecule has 114 valence electrons. The Bertz CT molecular complexity index is 435. The molecule has 0 bridgehead atoms. The third-order valence-electron chi connectivity index (χ3n) is 2.46. The highest BCUT2D eigenvalue weighted by Crippen LogP contribution is 2.42. The van der Waals surface area contributed by atoms with E-state index >= 15 is 0 Å². The summed E-state index contributed by atoms with van der Waals surface area (Å²) in [6.45, 7) is 0. The number of aliphatic hydroxyl groups excluding tert-OH is 1. The van der Waals surface area contributed by atoms with Crippen molar-refractivity contribution in [2.75, 3.05) is 0 Å². The summed E-state index contributed by atoms with van der Waals surface area (Å²) in [7, 11) is 0. The van der Waals surface area contributed by atoms with Crippen LogP contribution in [0.2, 0.25) is 0 Å². The van der Waals surface area contributed by atoms with Crippen molar-refractivity contribution >= 4 is 15.9 Å². The molecule has 0 saturated heterocycles. The summed E-state index contributed by atoms with van der Waals surface area (Å²) in [5.41, 5.74) is -0.178. The molecule has 0 aliphatic heterocycles. The Morgan fingerprint density at radius 3 is 1.90 bits per heavy atom. The number of aliphatic hydroxyl groups is 1. The van der Waals surface area contributed by atoms with Gasteiger partial charge in [0.05, 0.1) is 6.10 Å². The molecule has 0 aliphatic rings. The largest absolute Gasteiger partial charge is 0.403 e. The topological polar surface area (TPSA) is 20.2 Å². The van der Waals surface area contributed by atoms with Gasteiger partial charge in [0.15, 0.2) is 5.92 Å². The van der Waals surface area contributed by atoms with E-state index in [-0.39, 0.29) is 10.0 Å². The fourth-order valence-electron chi connectivity index (χ4n) is 1.71. The molecule has 0 heterocycles. The molecule has 0 amide bonds. The van der Waals surface area contributed by atoms with Crippen molar-refractivity contribution < 1.29 is 35.8 Å². The van der Waals surface area contributed by atoms with Gasteiger partial charge in [-0.25, -0.2) is 4.39 Å². The van der Waals surface area contributed by atoms with Gasteiger partial charge in [0.1, 0.15) is 5.82 Å². The number of benzene rings is 1. The molecule has 20 heavy (non-hydrogen) atoms. The van der Waals surface area contributed by atoms with Crippen molar-refractivity contribution in [2.45, 2.75) is 24.9 Å². The van der Waals surface area contributed by atoms with Crippen LogP contribution in [0.25, 0.3) is 0 Å². The minimum atomic E-state index is -5.64. The van der Waals surface area contributed by atoms with Gasteiger partial charge in [-0.1, -0.05) is 15.9 Å². The molecule has 1 aromatic rings. The SMILES string of the molecule is OC(Cc1cc(F)cc(Br)c1)C(C(F)(F)F)C(F)(F)F. The van der Waals surface area contributed by atoms with E-state index in [4.69, 9.17) is 0 Å². The van der Waals surface area contributed by atoms with Gasteiger partial charge in [0.25, 0.3) is 0 Å². The smallest absolute Gasteiger partial charge is 0.392 e. The van der Waals surface area contributed by atoms with Gasteiger partial charge in [-0.2, -0.15) is 26.3 Å². The molecular formula is C11H8BrF7O. The Balaban J connectivity index is 3.00. The van der Waals surface area contributed by atoms with E-state index < -0.39 is 36.6 Å². The fourth-order valence-corrected chi connectivity index (χ4v) is 2.22. The third kappa shape index (κ3) is 4.62. The lowest BCUT2D eigenvalue weighted by molar-refractivity contribution is -0.305. The van der Waals surface area contributed by atoms with Gasteiger partial charge in [-0.05, 0) is 30.2 Å². The lowest BCUT2D eigenvalue weighted by atomic mass is 9.95. The van der Waals surface area contributed by atoms with Gasteiger partial charge < -0.3 is 5.11 Å². The normalized spacial score (nSPS) is 14.7. The summed E-state index contributed by atoms with van der Waals surface area (Å²) in [6.07, 6.45) is -15.0. The van der Waals surface area contributed by atoms with Gasteiger partial charge >= 0.3 is 12.4 Å². The maximum Gasteiger partial charge on any atom is 0.403 e. The van der Waals surface area contributed by atoms with Gasteiger partial charge in [0.2, 0.25) is 0 Å². The van der Waals surface area contributed by atoms with Gasteiger partial charge in [-0.3, -0.25) is 0 Å². The fraction of sp³-hybridized carbons (Fsp3) is 0.455. The zero-order valence-electron chi connectivity index (χ0n) is 9.56. The number of alkyl halides is 6. The highest BCUT2D eigenvalue weighted by Gasteiger charge is 2.59. The summed E-state index contributed by atoms with van der Waals surface area (Å²) in [5, 5.41) is 9.24. The maximum atomic E-state index is 13.0. The number of hydrogen-bond donors (Lipinski definition) is 1. The summed E-state index contributed by atoms with van der Waals surface area (Å²) >= 11 is 2.85. The van der Waals surface area contributed by atoms with Crippen LogP contribution in [0.3, 0.4) is 0 Å². The van der Waals surface area contributed by atoms with Crippen LogP contribution in [0.5, 0.6) is 0 Å². The summed E-state index contributed by atoms with van der Waals surface area (Å²) < 4.78 is 87.3. The second-order valence-electron chi connectivity index (χ2n) is 4.11. The van der Waals surface area contributed by atoms with Crippen molar-refractivity contribution in [2.24, 2.45) is 5.92 Å². The molecule has 0 saturated carbocycles. The lowest BCUT2D eigenvalue weighted by Gasteiger charge is -2.27. The van der Waals surface area contributed by atoms with Crippen LogP contribution in [0.15, 0.2) is 22.7 Å². The Morgan fingerprint density at radius 2 is 1.50 bits per heavy atom. The average Bonchev–Trinajstić information content (AvgIpc) is 2.08. The second kappa shape index (κ2) is 5.88. The number of hydrogen-bond acceptors (Lipinski definition) is 1. The minimum absolute atomic E-state index is 0.148. The van der Waals surface area contributed by atoms with Crippen molar-refractivity contribution in [3.63, 3.8) is 0 Å². The Kier molecular flexibility index (Phi) is 5.07. The van der Waals surface area contributed by atoms with E-state index in [1.165, 1.54) is 0 Å². The highest BCUT2D eigenvalue weighted by molar-refractivity contribution is 9.10. The summed E-state index contributed by atoms with van der Waals surface area (Å²) in [4.78, 5) is 0. The Morgan fingerprint density at radius 1 is 1.00 bits per heavy atom. The molecule has 0 fully saturated rings. The maximum absolute atomic E-state index is 13.0. The van der Waals surface area contributed by atoms with E-state index in [0.717, 1.165) is 18.2 Å².